The van der Waals surface area contributed by atoms with Crippen LogP contribution in [-0.2, 0) is 16.5 Å². The molecule has 1 aromatic heterocycles. The molecule has 0 saturated carbocycles. The van der Waals surface area contributed by atoms with Gasteiger partial charge >= 0.3 is 11.9 Å². The maximum Gasteiger partial charge on any atom is 0.340 e. The summed E-state index contributed by atoms with van der Waals surface area (Å²) in [5.74, 6) is -1.13. The summed E-state index contributed by atoms with van der Waals surface area (Å²) < 4.78 is 11.2. The minimum absolute atomic E-state index is 0.205. The largest absolute Gasteiger partial charge is 0.465 e. The number of nitrogens with zero attached hydrogens (tertiary/aromatic N) is 1. The average molecular weight is 251 g/mol. The van der Waals surface area contributed by atoms with Gasteiger partial charge in [0.05, 0.1) is 31.0 Å². The molecular weight excluding hydrogens is 234 g/mol. The first-order chi connectivity index (χ1) is 8.36. The predicted octanol–water partition coefficient (Wildman–Crippen LogP) is 1.94. The van der Waals surface area contributed by atoms with E-state index in [4.69, 9.17) is 9.47 Å². The quantitative estimate of drug-likeness (QED) is 0.770. The average Bonchev–Trinajstić information content (AvgIpc) is 2.60. The monoisotopic (exact) mass is 251 g/mol. The fourth-order valence-corrected chi connectivity index (χ4v) is 1.95. The molecule has 0 aromatic carbocycles. The SMILES string of the molecule is C=C(C)c1c(C(=O)OC)c(C(=O)OC)c(C)n1C. The minimum Gasteiger partial charge on any atom is -0.465 e. The maximum absolute atomic E-state index is 11.9. The van der Waals surface area contributed by atoms with Gasteiger partial charge < -0.3 is 14.0 Å². The van der Waals surface area contributed by atoms with E-state index >= 15 is 0 Å². The normalized spacial score (nSPS) is 10.1. The van der Waals surface area contributed by atoms with Crippen molar-refractivity contribution in [3.63, 3.8) is 0 Å². The number of aromatic nitrogens is 1. The number of rotatable bonds is 3. The molecule has 0 bridgehead atoms. The summed E-state index contributed by atoms with van der Waals surface area (Å²) >= 11 is 0. The molecule has 1 aromatic rings. The Bertz CT molecular complexity index is 526. The van der Waals surface area contributed by atoms with E-state index in [9.17, 15) is 9.59 Å². The van der Waals surface area contributed by atoms with Gasteiger partial charge in [0.25, 0.3) is 0 Å². The third kappa shape index (κ3) is 2.03. The van der Waals surface area contributed by atoms with Gasteiger partial charge in [0.1, 0.15) is 0 Å². The first kappa shape index (κ1) is 14.0. The third-order valence-corrected chi connectivity index (χ3v) is 2.87. The highest BCUT2D eigenvalue weighted by Gasteiger charge is 2.29. The van der Waals surface area contributed by atoms with Crippen LogP contribution in [0.1, 0.15) is 39.0 Å². The van der Waals surface area contributed by atoms with Crippen molar-refractivity contribution in [1.29, 1.82) is 0 Å². The molecule has 0 fully saturated rings. The Kier molecular flexibility index (Phi) is 3.96. The zero-order valence-electron chi connectivity index (χ0n) is 11.3. The Morgan fingerprint density at radius 1 is 1.11 bits per heavy atom. The Labute approximate surface area is 106 Å². The summed E-state index contributed by atoms with van der Waals surface area (Å²) in [5.41, 5.74) is 2.33. The van der Waals surface area contributed by atoms with E-state index in [1.807, 2.05) is 0 Å². The van der Waals surface area contributed by atoms with Crippen molar-refractivity contribution < 1.29 is 19.1 Å². The molecule has 0 saturated heterocycles. The van der Waals surface area contributed by atoms with Crippen molar-refractivity contribution in [2.24, 2.45) is 7.05 Å². The van der Waals surface area contributed by atoms with E-state index in [1.165, 1.54) is 14.2 Å². The van der Waals surface area contributed by atoms with Gasteiger partial charge in [-0.25, -0.2) is 9.59 Å². The molecule has 0 unspecified atom stereocenters. The molecule has 1 rings (SSSR count). The van der Waals surface area contributed by atoms with Crippen LogP contribution in [0.4, 0.5) is 0 Å². The van der Waals surface area contributed by atoms with Crippen LogP contribution < -0.4 is 0 Å². The van der Waals surface area contributed by atoms with Gasteiger partial charge in [-0.1, -0.05) is 6.58 Å². The smallest absolute Gasteiger partial charge is 0.340 e. The van der Waals surface area contributed by atoms with Crippen LogP contribution in [0.15, 0.2) is 6.58 Å². The lowest BCUT2D eigenvalue weighted by molar-refractivity contribution is 0.0555. The first-order valence-corrected chi connectivity index (χ1v) is 5.38. The van der Waals surface area contributed by atoms with E-state index in [0.717, 1.165) is 0 Å². The van der Waals surface area contributed by atoms with Crippen molar-refractivity contribution in [3.8, 4) is 0 Å². The van der Waals surface area contributed by atoms with Gasteiger partial charge in [0, 0.05) is 12.7 Å². The molecule has 0 aliphatic rings. The van der Waals surface area contributed by atoms with Crippen LogP contribution in [0.5, 0.6) is 0 Å². The van der Waals surface area contributed by atoms with Crippen molar-refractivity contribution in [1.82, 2.24) is 4.57 Å². The van der Waals surface area contributed by atoms with Crippen molar-refractivity contribution in [2.45, 2.75) is 13.8 Å². The molecule has 0 radical (unpaired) electrons. The second-order valence-electron chi connectivity index (χ2n) is 4.01. The lowest BCUT2D eigenvalue weighted by Gasteiger charge is -2.06. The summed E-state index contributed by atoms with van der Waals surface area (Å²) in [6.45, 7) is 7.33. The van der Waals surface area contributed by atoms with Gasteiger partial charge in [0.2, 0.25) is 0 Å². The molecule has 0 spiro atoms. The molecule has 18 heavy (non-hydrogen) atoms. The van der Waals surface area contributed by atoms with Gasteiger partial charge in [0.15, 0.2) is 0 Å². The highest BCUT2D eigenvalue weighted by Crippen LogP contribution is 2.28. The summed E-state index contributed by atoms with van der Waals surface area (Å²) in [6, 6.07) is 0. The Morgan fingerprint density at radius 3 is 1.94 bits per heavy atom. The predicted molar refractivity (Wildman–Crippen MR) is 67.5 cm³/mol. The first-order valence-electron chi connectivity index (χ1n) is 5.38. The lowest BCUT2D eigenvalue weighted by Crippen LogP contribution is -2.11. The van der Waals surface area contributed by atoms with Crippen LogP contribution in [-0.4, -0.2) is 30.7 Å². The second-order valence-corrected chi connectivity index (χ2v) is 4.01. The van der Waals surface area contributed by atoms with Crippen LogP contribution in [0.3, 0.4) is 0 Å². The van der Waals surface area contributed by atoms with Crippen LogP contribution >= 0.6 is 0 Å². The maximum atomic E-state index is 11.9. The van der Waals surface area contributed by atoms with Crippen LogP contribution in [0.25, 0.3) is 5.57 Å². The topological polar surface area (TPSA) is 57.5 Å². The van der Waals surface area contributed by atoms with Crippen molar-refractivity contribution in [2.75, 3.05) is 14.2 Å². The minimum atomic E-state index is -0.572. The number of carbonyl (C=O) groups is 2. The zero-order chi connectivity index (χ0) is 14.0. The third-order valence-electron chi connectivity index (χ3n) is 2.87. The number of hydrogen-bond acceptors (Lipinski definition) is 4. The Hall–Kier alpha value is -2.04. The Balaban J connectivity index is 3.70. The number of ether oxygens (including phenoxy) is 2. The van der Waals surface area contributed by atoms with E-state index in [1.54, 1.807) is 25.5 Å². The highest BCUT2D eigenvalue weighted by molar-refractivity contribution is 6.07. The molecule has 1 heterocycles. The van der Waals surface area contributed by atoms with E-state index in [-0.39, 0.29) is 11.1 Å². The van der Waals surface area contributed by atoms with Gasteiger partial charge in [-0.2, -0.15) is 0 Å². The van der Waals surface area contributed by atoms with Crippen LogP contribution in [0, 0.1) is 6.92 Å². The van der Waals surface area contributed by atoms with Gasteiger partial charge in [-0.15, -0.1) is 0 Å². The summed E-state index contributed by atoms with van der Waals surface area (Å²) in [4.78, 5) is 23.7. The molecule has 0 aliphatic carbocycles. The molecule has 0 amide bonds. The van der Waals surface area contributed by atoms with E-state index < -0.39 is 11.9 Å². The standard InChI is InChI=1S/C13H17NO4/c1-7(2)11-10(13(16)18-6)9(12(15)17-5)8(3)14(11)4/h1H2,2-6H3. The molecule has 0 aliphatic heterocycles. The number of hydrogen-bond donors (Lipinski definition) is 0. The molecule has 5 nitrogen and oxygen atoms in total. The van der Waals surface area contributed by atoms with E-state index in [2.05, 4.69) is 6.58 Å². The van der Waals surface area contributed by atoms with Gasteiger partial charge in [-0.05, 0) is 19.4 Å². The number of methoxy groups -OCH3 is 2. The zero-order valence-corrected chi connectivity index (χ0v) is 11.3. The van der Waals surface area contributed by atoms with Crippen molar-refractivity contribution >= 4 is 17.5 Å². The Morgan fingerprint density at radius 2 is 1.56 bits per heavy atom. The van der Waals surface area contributed by atoms with Crippen LogP contribution in [0.2, 0.25) is 0 Å². The molecule has 98 valence electrons. The summed E-state index contributed by atoms with van der Waals surface area (Å²) in [5, 5.41) is 0. The lowest BCUT2D eigenvalue weighted by atomic mass is 10.1. The molecule has 0 atom stereocenters. The number of allylic oxidation sites excluding steroid dienone is 1. The molecule has 0 N–H and O–H groups in total. The summed E-state index contributed by atoms with van der Waals surface area (Å²) in [6.07, 6.45) is 0. The van der Waals surface area contributed by atoms with E-state index in [0.29, 0.717) is 17.0 Å². The number of esters is 2. The molecule has 5 heteroatoms. The van der Waals surface area contributed by atoms with Crippen molar-refractivity contribution in [3.05, 3.63) is 29.1 Å². The second kappa shape index (κ2) is 5.08. The highest BCUT2D eigenvalue weighted by atomic mass is 16.5. The molecular formula is C13H17NO4. The fraction of sp³-hybridized carbons (Fsp3) is 0.385. The number of carbonyl (C=O) groups excluding carboxylic acids is 2. The van der Waals surface area contributed by atoms with Gasteiger partial charge in [-0.3, -0.25) is 0 Å². The summed E-state index contributed by atoms with van der Waals surface area (Å²) in [7, 11) is 4.31. The fourth-order valence-electron chi connectivity index (χ4n) is 1.95.